The third kappa shape index (κ3) is 4.12. The maximum atomic E-state index is 13.0. The Bertz CT molecular complexity index is 892. The van der Waals surface area contributed by atoms with Crippen LogP contribution in [-0.2, 0) is 19.4 Å². The Morgan fingerprint density at radius 1 is 1.56 bits per heavy atom. The summed E-state index contributed by atoms with van der Waals surface area (Å²) >= 11 is 6.43. The topological polar surface area (TPSA) is 87.9 Å². The molecule has 0 aromatic carbocycles. The van der Waals surface area contributed by atoms with Crippen LogP contribution in [0.4, 0.5) is 0 Å². The van der Waals surface area contributed by atoms with Gasteiger partial charge in [0.1, 0.15) is 16.1 Å². The predicted octanol–water partition coefficient (Wildman–Crippen LogP) is 1.90. The fourth-order valence-electron chi connectivity index (χ4n) is 3.28. The molecular weight excluding hydrogens is 408 g/mol. The summed E-state index contributed by atoms with van der Waals surface area (Å²) in [6.07, 6.45) is 3.52. The molecule has 1 aromatic heterocycles. The molecule has 27 heavy (non-hydrogen) atoms. The van der Waals surface area contributed by atoms with E-state index in [2.05, 4.69) is 0 Å². The Morgan fingerprint density at radius 3 is 2.85 bits per heavy atom. The highest BCUT2D eigenvalue weighted by molar-refractivity contribution is 8.26. The van der Waals surface area contributed by atoms with Crippen LogP contribution < -0.4 is 0 Å². The zero-order valence-corrected chi connectivity index (χ0v) is 17.4. The van der Waals surface area contributed by atoms with Gasteiger partial charge in [-0.25, -0.2) is 8.42 Å². The lowest BCUT2D eigenvalue weighted by molar-refractivity contribution is -0.140. The van der Waals surface area contributed by atoms with Crippen LogP contribution >= 0.6 is 24.0 Å². The van der Waals surface area contributed by atoms with E-state index in [9.17, 15) is 18.0 Å². The Balaban J connectivity index is 1.77. The quantitative estimate of drug-likeness (QED) is 0.523. The van der Waals surface area contributed by atoms with Crippen molar-refractivity contribution in [1.82, 2.24) is 9.80 Å². The molecule has 2 aliphatic rings. The average molecular weight is 429 g/mol. The first-order chi connectivity index (χ1) is 12.7. The van der Waals surface area contributed by atoms with E-state index in [0.29, 0.717) is 28.0 Å². The highest BCUT2D eigenvalue weighted by atomic mass is 32.2. The lowest BCUT2D eigenvalue weighted by Gasteiger charge is -2.32. The van der Waals surface area contributed by atoms with Gasteiger partial charge < -0.3 is 9.32 Å². The number of hydrogen-bond donors (Lipinski definition) is 0. The molecule has 0 bridgehead atoms. The summed E-state index contributed by atoms with van der Waals surface area (Å²) in [7, 11) is -3.11. The molecule has 0 saturated carbocycles. The van der Waals surface area contributed by atoms with E-state index in [0.717, 1.165) is 11.8 Å². The second kappa shape index (κ2) is 7.76. The van der Waals surface area contributed by atoms with E-state index < -0.39 is 15.9 Å². The average Bonchev–Trinajstić information content (AvgIpc) is 3.30. The zero-order valence-electron chi connectivity index (χ0n) is 15.0. The molecule has 2 atom stereocenters. The van der Waals surface area contributed by atoms with Gasteiger partial charge in [0.2, 0.25) is 5.91 Å². The summed E-state index contributed by atoms with van der Waals surface area (Å²) in [5.74, 6) is -0.0629. The molecule has 0 unspecified atom stereocenters. The summed E-state index contributed by atoms with van der Waals surface area (Å²) in [5.41, 5.74) is 0. The van der Waals surface area contributed by atoms with Crippen molar-refractivity contribution in [2.75, 3.05) is 18.1 Å². The van der Waals surface area contributed by atoms with Gasteiger partial charge in [-0.3, -0.25) is 14.5 Å². The highest BCUT2D eigenvalue weighted by Crippen LogP contribution is 2.34. The van der Waals surface area contributed by atoms with Crippen molar-refractivity contribution in [3.8, 4) is 0 Å². The Morgan fingerprint density at radius 2 is 2.30 bits per heavy atom. The number of nitrogens with zero attached hydrogens (tertiary/aromatic N) is 2. The van der Waals surface area contributed by atoms with Gasteiger partial charge >= 0.3 is 0 Å². The summed E-state index contributed by atoms with van der Waals surface area (Å²) < 4.78 is 29.1. The molecule has 0 radical (unpaired) electrons. The Labute approximate surface area is 167 Å². The number of carbonyl (C=O) groups is 2. The second-order valence-corrected chi connectivity index (χ2v) is 10.3. The van der Waals surface area contributed by atoms with Gasteiger partial charge in [-0.1, -0.05) is 24.0 Å². The number of carbonyl (C=O) groups excluding carboxylic acids is 2. The van der Waals surface area contributed by atoms with E-state index in [4.69, 9.17) is 16.6 Å². The summed E-state index contributed by atoms with van der Waals surface area (Å²) in [6, 6.07) is 2.28. The fraction of sp³-hybridized carbons (Fsp3) is 0.471. The molecule has 1 aromatic rings. The van der Waals surface area contributed by atoms with Crippen molar-refractivity contribution in [3.63, 3.8) is 0 Å². The van der Waals surface area contributed by atoms with Gasteiger partial charge in [0.05, 0.1) is 22.7 Å². The molecular formula is C17H20N2O5S3. The number of hydrogen-bond acceptors (Lipinski definition) is 7. The molecule has 10 heteroatoms. The van der Waals surface area contributed by atoms with Crippen LogP contribution in [0.15, 0.2) is 27.7 Å². The molecule has 0 aliphatic carbocycles. The lowest BCUT2D eigenvalue weighted by Crippen LogP contribution is -2.52. The number of amides is 2. The monoisotopic (exact) mass is 428 g/mol. The normalized spacial score (nSPS) is 24.6. The predicted molar refractivity (Wildman–Crippen MR) is 108 cm³/mol. The largest absolute Gasteiger partial charge is 0.465 e. The summed E-state index contributed by atoms with van der Waals surface area (Å²) in [6.45, 7) is 3.80. The first-order valence-electron chi connectivity index (χ1n) is 8.55. The van der Waals surface area contributed by atoms with E-state index in [-0.39, 0.29) is 29.4 Å². The molecule has 2 amide bonds. The van der Waals surface area contributed by atoms with E-state index in [1.54, 1.807) is 37.0 Å². The first-order valence-corrected chi connectivity index (χ1v) is 11.6. The summed E-state index contributed by atoms with van der Waals surface area (Å²) in [4.78, 5) is 29.0. The van der Waals surface area contributed by atoms with Gasteiger partial charge in [-0.2, -0.15) is 0 Å². The molecule has 3 rings (SSSR count). The van der Waals surface area contributed by atoms with Crippen molar-refractivity contribution in [3.05, 3.63) is 29.1 Å². The van der Waals surface area contributed by atoms with E-state index in [1.807, 2.05) is 0 Å². The number of likely N-dealkylation sites (N-methyl/N-ethyl adjacent to an activating group) is 1. The van der Waals surface area contributed by atoms with Crippen LogP contribution in [0.3, 0.4) is 0 Å². The van der Waals surface area contributed by atoms with Crippen molar-refractivity contribution < 1.29 is 22.4 Å². The minimum atomic E-state index is -3.11. The van der Waals surface area contributed by atoms with Crippen molar-refractivity contribution in [2.45, 2.75) is 32.4 Å². The second-order valence-electron chi connectivity index (χ2n) is 6.42. The lowest BCUT2D eigenvalue weighted by atomic mass is 10.1. The molecule has 0 N–H and O–H groups in total. The molecule has 7 nitrogen and oxygen atoms in total. The number of thiocarbonyl (C=S) groups is 1. The summed E-state index contributed by atoms with van der Waals surface area (Å²) in [5, 5.41) is 0. The molecule has 0 spiro atoms. The minimum Gasteiger partial charge on any atom is -0.465 e. The number of sulfone groups is 1. The number of thioether (sulfide) groups is 1. The Kier molecular flexibility index (Phi) is 5.78. The van der Waals surface area contributed by atoms with E-state index in [1.165, 1.54) is 11.2 Å². The first kappa shape index (κ1) is 20.1. The van der Waals surface area contributed by atoms with Crippen molar-refractivity contribution in [1.29, 1.82) is 0 Å². The van der Waals surface area contributed by atoms with Crippen LogP contribution in [0.1, 0.15) is 26.0 Å². The van der Waals surface area contributed by atoms with Crippen LogP contribution in [0.25, 0.3) is 6.08 Å². The minimum absolute atomic E-state index is 0.0317. The van der Waals surface area contributed by atoms with Gasteiger partial charge in [0.15, 0.2) is 9.84 Å². The van der Waals surface area contributed by atoms with Gasteiger partial charge in [-0.15, -0.1) is 0 Å². The van der Waals surface area contributed by atoms with Crippen molar-refractivity contribution in [2.24, 2.45) is 0 Å². The zero-order chi connectivity index (χ0) is 19.8. The Hall–Kier alpha value is -1.65. The molecule has 2 aliphatic heterocycles. The van der Waals surface area contributed by atoms with E-state index >= 15 is 0 Å². The molecule has 3 heterocycles. The number of furan rings is 1. The number of rotatable bonds is 5. The standard InChI is InChI=1S/C17H20N2O5S3/c1-3-18(12-6-8-27(22,23)10-12)15(20)11(2)19-16(21)14(26-17(19)25)9-13-5-4-7-24-13/h4-5,7,9,11-12H,3,6,8,10H2,1-2H3/b14-9+/t11-,12-/m1/s1. The molecule has 2 fully saturated rings. The SMILES string of the molecule is CCN(C(=O)[C@@H](C)N1C(=O)/C(=C\c2ccco2)SC1=S)[C@@H]1CCS(=O)(=O)C1. The third-order valence-corrected chi connectivity index (χ3v) is 7.74. The maximum Gasteiger partial charge on any atom is 0.267 e. The third-order valence-electron chi connectivity index (χ3n) is 4.66. The van der Waals surface area contributed by atoms with Gasteiger partial charge in [0, 0.05) is 18.7 Å². The smallest absolute Gasteiger partial charge is 0.267 e. The fourth-order valence-corrected chi connectivity index (χ4v) is 6.41. The molecule has 2 saturated heterocycles. The van der Waals surface area contributed by atoms with Gasteiger partial charge in [-0.05, 0) is 32.4 Å². The maximum absolute atomic E-state index is 13.0. The van der Waals surface area contributed by atoms with Crippen LogP contribution in [0.5, 0.6) is 0 Å². The molecule has 146 valence electrons. The van der Waals surface area contributed by atoms with Crippen LogP contribution in [-0.4, -0.2) is 64.5 Å². The van der Waals surface area contributed by atoms with Crippen LogP contribution in [0.2, 0.25) is 0 Å². The van der Waals surface area contributed by atoms with Crippen molar-refractivity contribution >= 4 is 56.0 Å². The van der Waals surface area contributed by atoms with Crippen LogP contribution in [0, 0.1) is 0 Å². The highest BCUT2D eigenvalue weighted by Gasteiger charge is 2.42. The van der Waals surface area contributed by atoms with Gasteiger partial charge in [0.25, 0.3) is 5.91 Å².